The largest absolute Gasteiger partial charge is 0.508 e. The fourth-order valence-corrected chi connectivity index (χ4v) is 5.01. The van der Waals surface area contributed by atoms with Crippen molar-refractivity contribution in [2.75, 3.05) is 13.2 Å². The molecule has 0 amide bonds. The van der Waals surface area contributed by atoms with Crippen LogP contribution in [0.1, 0.15) is 31.2 Å². The Bertz CT molecular complexity index is 1160. The number of rotatable bonds is 8. The molecule has 0 aromatic heterocycles. The molecule has 216 valence electrons. The molecule has 2 fully saturated rings. The molecule has 3 aliphatic rings. The number of hydrogen-bond acceptors (Lipinski definition) is 11. The summed E-state index contributed by atoms with van der Waals surface area (Å²) in [5, 5.41) is 40.2. The molecule has 1 aromatic rings. The van der Waals surface area contributed by atoms with E-state index in [4.69, 9.17) is 18.9 Å². The van der Waals surface area contributed by atoms with E-state index in [1.165, 1.54) is 12.1 Å². The van der Waals surface area contributed by atoms with Crippen molar-refractivity contribution in [1.82, 2.24) is 0 Å². The summed E-state index contributed by atoms with van der Waals surface area (Å²) in [6.07, 6.45) is -1.47. The molecule has 4 N–H and O–H groups in total. The highest BCUT2D eigenvalue weighted by molar-refractivity contribution is 5.91. The van der Waals surface area contributed by atoms with Crippen molar-refractivity contribution in [2.24, 2.45) is 5.92 Å². The molecule has 11 nitrogen and oxygen atoms in total. The van der Waals surface area contributed by atoms with Gasteiger partial charge in [-0.15, -0.1) is 0 Å². The van der Waals surface area contributed by atoms with Crippen molar-refractivity contribution in [2.45, 2.75) is 68.9 Å². The number of aldehydes is 1. The van der Waals surface area contributed by atoms with Crippen LogP contribution in [0.5, 0.6) is 5.75 Å². The molecule has 1 aromatic carbocycles. The second kappa shape index (κ2) is 13.3. The number of hydrogen-bond donors (Lipinski definition) is 4. The Balaban J connectivity index is 1.50. The molecule has 2 aliphatic heterocycles. The lowest BCUT2D eigenvalue weighted by molar-refractivity contribution is -0.302. The quantitative estimate of drug-likeness (QED) is 0.156. The van der Waals surface area contributed by atoms with Crippen LogP contribution in [0.3, 0.4) is 0 Å². The van der Waals surface area contributed by atoms with Crippen LogP contribution in [0.2, 0.25) is 0 Å². The minimum absolute atomic E-state index is 0.0376. The fraction of sp³-hybridized carbons (Fsp3) is 0.483. The summed E-state index contributed by atoms with van der Waals surface area (Å²) < 4.78 is 22.6. The number of fused-ring (bicyclic) bond motifs is 1. The Labute approximate surface area is 231 Å². The van der Waals surface area contributed by atoms with Gasteiger partial charge < -0.3 is 39.4 Å². The maximum absolute atomic E-state index is 12.7. The lowest BCUT2D eigenvalue weighted by atomic mass is 9.88. The topological polar surface area (TPSA) is 169 Å². The summed E-state index contributed by atoms with van der Waals surface area (Å²) in [6.45, 7) is 3.16. The molecule has 40 heavy (non-hydrogen) atoms. The van der Waals surface area contributed by atoms with Crippen molar-refractivity contribution in [3.63, 3.8) is 0 Å². The monoisotopic (exact) mass is 558 g/mol. The van der Waals surface area contributed by atoms with E-state index in [9.17, 15) is 34.8 Å². The van der Waals surface area contributed by atoms with Crippen molar-refractivity contribution in [3.05, 3.63) is 65.3 Å². The summed E-state index contributed by atoms with van der Waals surface area (Å²) in [5.74, 6) is -1.50. The van der Waals surface area contributed by atoms with Gasteiger partial charge in [0.25, 0.3) is 0 Å². The molecule has 2 heterocycles. The highest BCUT2D eigenvalue weighted by Gasteiger charge is 2.47. The average Bonchev–Trinajstić information content (AvgIpc) is 3.21. The number of phenols is 1. The number of aromatic hydroxyl groups is 1. The molecular formula is C29H34O11. The first-order valence-corrected chi connectivity index (χ1v) is 13.1. The number of phenolic OH excluding ortho intramolecular Hbond substituents is 1. The standard InChI is InChI=1S/C29H34O11/c1-16-21-10-7-18(13-30)3-2-4-19(11-22(21)38-28(16)36)15-37-29-27(26(35)25(34)23(14-31)39-29)40-24(33)12-17-5-8-20(32)9-6-17/h3,5-6,8-9,11,13,21-23,25-27,29,31-32,34-35H,1-2,4,7,10,12,14-15H2/b18-3+,19-11+/t21-,22-,23-,25+,26-,27+,29+/m0/s1. The van der Waals surface area contributed by atoms with E-state index in [1.54, 1.807) is 18.2 Å². The van der Waals surface area contributed by atoms with Crippen LogP contribution in [0.4, 0.5) is 0 Å². The predicted molar refractivity (Wildman–Crippen MR) is 139 cm³/mol. The van der Waals surface area contributed by atoms with E-state index in [0.29, 0.717) is 48.0 Å². The summed E-state index contributed by atoms with van der Waals surface area (Å²) in [6, 6.07) is 5.93. The van der Waals surface area contributed by atoms with Gasteiger partial charge in [-0.1, -0.05) is 24.8 Å². The van der Waals surface area contributed by atoms with Crippen LogP contribution in [0.25, 0.3) is 0 Å². The summed E-state index contributed by atoms with van der Waals surface area (Å²) in [4.78, 5) is 36.4. The van der Waals surface area contributed by atoms with E-state index < -0.39 is 55.4 Å². The molecule has 0 saturated carbocycles. The molecule has 0 radical (unpaired) electrons. The smallest absolute Gasteiger partial charge is 0.334 e. The van der Waals surface area contributed by atoms with Crippen LogP contribution in [-0.2, 0) is 39.8 Å². The summed E-state index contributed by atoms with van der Waals surface area (Å²) in [7, 11) is 0. The maximum atomic E-state index is 12.7. The average molecular weight is 559 g/mol. The number of esters is 2. The molecule has 11 heteroatoms. The third kappa shape index (κ3) is 7.04. The molecule has 7 atom stereocenters. The highest BCUT2D eigenvalue weighted by Crippen LogP contribution is 2.34. The molecule has 4 rings (SSSR count). The summed E-state index contributed by atoms with van der Waals surface area (Å²) >= 11 is 0. The second-order valence-corrected chi connectivity index (χ2v) is 10.1. The van der Waals surface area contributed by atoms with Crippen LogP contribution in [0, 0.1) is 5.92 Å². The van der Waals surface area contributed by atoms with Crippen molar-refractivity contribution in [1.29, 1.82) is 0 Å². The zero-order valence-corrected chi connectivity index (χ0v) is 21.9. The minimum atomic E-state index is -1.61. The first-order valence-electron chi connectivity index (χ1n) is 13.1. The Morgan fingerprint density at radius 2 is 1.90 bits per heavy atom. The SMILES string of the molecule is C=C1C(=O)O[C@H]2/C=C(/CO[C@@H]3O[C@@H](CO)[C@@H](O)[C@H](O)[C@H]3OC(=O)Cc3ccc(O)cc3)CC/C=C(/C=O)CC[C@@H]12. The van der Waals surface area contributed by atoms with E-state index in [1.807, 2.05) is 6.08 Å². The van der Waals surface area contributed by atoms with E-state index in [0.717, 1.165) is 6.29 Å². The van der Waals surface area contributed by atoms with Gasteiger partial charge in [0, 0.05) is 11.5 Å². The molecular weight excluding hydrogens is 524 g/mol. The molecule has 0 bridgehead atoms. The Morgan fingerprint density at radius 3 is 2.60 bits per heavy atom. The zero-order valence-electron chi connectivity index (χ0n) is 21.9. The summed E-state index contributed by atoms with van der Waals surface area (Å²) in [5.41, 5.74) is 2.22. The molecule has 2 saturated heterocycles. The van der Waals surface area contributed by atoms with Gasteiger partial charge in [-0.05, 0) is 60.6 Å². The third-order valence-corrected chi connectivity index (χ3v) is 7.33. The normalized spacial score (nSPS) is 33.5. The van der Waals surface area contributed by atoms with Crippen LogP contribution < -0.4 is 0 Å². The highest BCUT2D eigenvalue weighted by atomic mass is 16.7. The maximum Gasteiger partial charge on any atom is 0.334 e. The Kier molecular flexibility index (Phi) is 9.88. The van der Waals surface area contributed by atoms with E-state index >= 15 is 0 Å². The first-order chi connectivity index (χ1) is 19.2. The molecule has 0 spiro atoms. The molecule has 1 aliphatic carbocycles. The van der Waals surface area contributed by atoms with Crippen molar-refractivity contribution < 1.29 is 53.8 Å². The minimum Gasteiger partial charge on any atom is -0.508 e. The van der Waals surface area contributed by atoms with Gasteiger partial charge in [0.2, 0.25) is 0 Å². The Hall–Kier alpha value is -3.35. The van der Waals surface area contributed by atoms with Gasteiger partial charge in [0.1, 0.15) is 36.5 Å². The lowest BCUT2D eigenvalue weighted by Crippen LogP contribution is -2.60. The first kappa shape index (κ1) is 29.6. The third-order valence-electron chi connectivity index (χ3n) is 7.33. The van der Waals surface area contributed by atoms with Crippen molar-refractivity contribution >= 4 is 18.2 Å². The number of carbonyl (C=O) groups is 3. The zero-order chi connectivity index (χ0) is 28.8. The number of ether oxygens (including phenoxy) is 4. The predicted octanol–water partition coefficient (Wildman–Crippen LogP) is 1.03. The van der Waals surface area contributed by atoms with Crippen LogP contribution in [0.15, 0.2) is 59.7 Å². The van der Waals surface area contributed by atoms with Gasteiger partial charge >= 0.3 is 11.9 Å². The van der Waals surface area contributed by atoms with Gasteiger partial charge in [-0.25, -0.2) is 4.79 Å². The van der Waals surface area contributed by atoms with Gasteiger partial charge in [0.15, 0.2) is 12.4 Å². The van der Waals surface area contributed by atoms with E-state index in [-0.39, 0.29) is 24.7 Å². The number of allylic oxidation sites excluding steroid dienone is 2. The van der Waals surface area contributed by atoms with Crippen LogP contribution in [-0.4, -0.2) is 88.7 Å². The molecule has 0 unspecified atom stereocenters. The van der Waals surface area contributed by atoms with Crippen LogP contribution >= 0.6 is 0 Å². The number of carbonyl (C=O) groups excluding carboxylic acids is 3. The number of benzene rings is 1. The lowest BCUT2D eigenvalue weighted by Gasteiger charge is -2.41. The number of aliphatic hydroxyl groups excluding tert-OH is 3. The van der Waals surface area contributed by atoms with Gasteiger partial charge in [-0.3, -0.25) is 9.59 Å². The number of aliphatic hydroxyl groups is 3. The van der Waals surface area contributed by atoms with E-state index in [2.05, 4.69) is 6.58 Å². The van der Waals surface area contributed by atoms with Gasteiger partial charge in [0.05, 0.1) is 19.6 Å². The second-order valence-electron chi connectivity index (χ2n) is 10.1. The van der Waals surface area contributed by atoms with Crippen molar-refractivity contribution in [3.8, 4) is 5.75 Å². The fourth-order valence-electron chi connectivity index (χ4n) is 5.01. The Morgan fingerprint density at radius 1 is 1.15 bits per heavy atom. The van der Waals surface area contributed by atoms with Gasteiger partial charge in [-0.2, -0.15) is 0 Å².